The van der Waals surface area contributed by atoms with E-state index in [0.29, 0.717) is 0 Å². The van der Waals surface area contributed by atoms with Gasteiger partial charge in [0.15, 0.2) is 0 Å². The van der Waals surface area contributed by atoms with Gasteiger partial charge in [0.05, 0.1) is 0 Å². The Morgan fingerprint density at radius 2 is 2.07 bits per heavy atom. The van der Waals surface area contributed by atoms with Crippen LogP contribution < -0.4 is 5.32 Å². The summed E-state index contributed by atoms with van der Waals surface area (Å²) < 4.78 is 0. The molecule has 1 heterocycles. The molecule has 0 atom stereocenters. The van der Waals surface area contributed by atoms with Gasteiger partial charge >= 0.3 is 0 Å². The molecule has 1 saturated heterocycles. The van der Waals surface area contributed by atoms with Gasteiger partial charge in [-0.2, -0.15) is 11.8 Å². The summed E-state index contributed by atoms with van der Waals surface area (Å²) in [5.41, 5.74) is 0. The van der Waals surface area contributed by atoms with Crippen LogP contribution in [-0.2, 0) is 0 Å². The second-order valence-corrected chi connectivity index (χ2v) is 5.97. The van der Waals surface area contributed by atoms with Gasteiger partial charge in [-0.05, 0) is 57.5 Å². The van der Waals surface area contributed by atoms with Gasteiger partial charge in [0.2, 0.25) is 0 Å². The Balaban J connectivity index is 1.44. The van der Waals surface area contributed by atoms with E-state index in [0.717, 1.165) is 6.04 Å². The molecule has 0 aromatic heterocycles. The summed E-state index contributed by atoms with van der Waals surface area (Å²) in [5, 5.41) is 3.58. The first-order chi connectivity index (χ1) is 7.45. The minimum absolute atomic E-state index is 0.889. The molecule has 2 rings (SSSR count). The molecule has 1 saturated carbocycles. The van der Waals surface area contributed by atoms with E-state index in [1.54, 1.807) is 0 Å². The van der Waals surface area contributed by atoms with Gasteiger partial charge in [-0.3, -0.25) is 0 Å². The highest BCUT2D eigenvalue weighted by Crippen LogP contribution is 2.18. The van der Waals surface area contributed by atoms with E-state index >= 15 is 0 Å². The van der Waals surface area contributed by atoms with Gasteiger partial charge < -0.3 is 10.2 Å². The van der Waals surface area contributed by atoms with Gasteiger partial charge in [-0.25, -0.2) is 0 Å². The molecule has 0 spiro atoms. The van der Waals surface area contributed by atoms with Crippen LogP contribution in [0.2, 0.25) is 0 Å². The molecule has 3 heteroatoms. The smallest absolute Gasteiger partial charge is 0.00723 e. The third kappa shape index (κ3) is 5.23. The van der Waals surface area contributed by atoms with Crippen molar-refractivity contribution in [3.63, 3.8) is 0 Å². The summed E-state index contributed by atoms with van der Waals surface area (Å²) in [4.78, 5) is 2.65. The number of nitrogens with zero attached hydrogens (tertiary/aromatic N) is 1. The van der Waals surface area contributed by atoms with Crippen molar-refractivity contribution in [2.24, 2.45) is 0 Å². The molecule has 0 aromatic rings. The van der Waals surface area contributed by atoms with E-state index in [2.05, 4.69) is 22.0 Å². The lowest BCUT2D eigenvalue weighted by Crippen LogP contribution is -2.28. The zero-order valence-corrected chi connectivity index (χ0v) is 10.5. The maximum atomic E-state index is 3.58. The molecule has 0 bridgehead atoms. The van der Waals surface area contributed by atoms with Crippen LogP contribution in [0.3, 0.4) is 0 Å². The topological polar surface area (TPSA) is 15.3 Å². The summed E-state index contributed by atoms with van der Waals surface area (Å²) in [6.07, 6.45) is 6.97. The SMILES string of the molecule is C(CCN1CCCSCC1)CNC1CC1. The highest BCUT2D eigenvalue weighted by Gasteiger charge is 2.19. The fourth-order valence-corrected chi connectivity index (χ4v) is 3.00. The highest BCUT2D eigenvalue weighted by atomic mass is 32.2. The van der Waals surface area contributed by atoms with Crippen LogP contribution in [0.4, 0.5) is 0 Å². The predicted octanol–water partition coefficient (Wildman–Crippen LogP) is 1.96. The minimum Gasteiger partial charge on any atom is -0.314 e. The molecular formula is C12H24N2S. The van der Waals surface area contributed by atoms with Gasteiger partial charge in [0.25, 0.3) is 0 Å². The average Bonchev–Trinajstić information content (AvgIpc) is 3.03. The van der Waals surface area contributed by atoms with E-state index in [-0.39, 0.29) is 0 Å². The van der Waals surface area contributed by atoms with Crippen molar-refractivity contribution < 1.29 is 0 Å². The van der Waals surface area contributed by atoms with Crippen LogP contribution in [0.15, 0.2) is 0 Å². The van der Waals surface area contributed by atoms with Crippen LogP contribution >= 0.6 is 11.8 Å². The maximum absolute atomic E-state index is 3.58. The van der Waals surface area contributed by atoms with Crippen LogP contribution in [0.1, 0.15) is 32.1 Å². The van der Waals surface area contributed by atoms with Crippen LogP contribution in [0.5, 0.6) is 0 Å². The van der Waals surface area contributed by atoms with Crippen molar-refractivity contribution in [3.8, 4) is 0 Å². The van der Waals surface area contributed by atoms with Crippen molar-refractivity contribution in [1.29, 1.82) is 0 Å². The Kier molecular flexibility index (Phi) is 5.30. The molecule has 1 N–H and O–H groups in total. The van der Waals surface area contributed by atoms with E-state index in [1.807, 2.05) is 0 Å². The fourth-order valence-electron chi connectivity index (χ4n) is 2.08. The molecule has 2 fully saturated rings. The Labute approximate surface area is 98.2 Å². The largest absolute Gasteiger partial charge is 0.314 e. The van der Waals surface area contributed by atoms with Crippen LogP contribution in [0, 0.1) is 0 Å². The van der Waals surface area contributed by atoms with Crippen LogP contribution in [-0.4, -0.2) is 48.6 Å². The number of unbranched alkanes of at least 4 members (excludes halogenated alkanes) is 1. The van der Waals surface area contributed by atoms with E-state index in [9.17, 15) is 0 Å². The number of hydrogen-bond donors (Lipinski definition) is 1. The van der Waals surface area contributed by atoms with Gasteiger partial charge in [0, 0.05) is 18.3 Å². The summed E-state index contributed by atoms with van der Waals surface area (Å²) in [7, 11) is 0. The second kappa shape index (κ2) is 6.77. The third-order valence-corrected chi connectivity index (χ3v) is 4.27. The van der Waals surface area contributed by atoms with E-state index in [4.69, 9.17) is 0 Å². The molecule has 2 aliphatic rings. The summed E-state index contributed by atoms with van der Waals surface area (Å²) in [5.74, 6) is 2.72. The Morgan fingerprint density at radius 3 is 2.93 bits per heavy atom. The molecule has 88 valence electrons. The Hall–Kier alpha value is 0.270. The predicted molar refractivity (Wildman–Crippen MR) is 68.6 cm³/mol. The third-order valence-electron chi connectivity index (χ3n) is 3.23. The monoisotopic (exact) mass is 228 g/mol. The van der Waals surface area contributed by atoms with Crippen molar-refractivity contribution in [3.05, 3.63) is 0 Å². The van der Waals surface area contributed by atoms with E-state index < -0.39 is 0 Å². The minimum atomic E-state index is 0.889. The summed E-state index contributed by atoms with van der Waals surface area (Å²) >= 11 is 2.12. The Morgan fingerprint density at radius 1 is 1.13 bits per heavy atom. The first kappa shape index (κ1) is 11.7. The van der Waals surface area contributed by atoms with Crippen molar-refractivity contribution in [2.45, 2.75) is 38.1 Å². The molecule has 15 heavy (non-hydrogen) atoms. The molecule has 1 aliphatic heterocycles. The molecular weight excluding hydrogens is 204 g/mol. The van der Waals surface area contributed by atoms with Crippen molar-refractivity contribution in [2.75, 3.05) is 37.7 Å². The van der Waals surface area contributed by atoms with E-state index in [1.165, 1.54) is 69.8 Å². The number of rotatable bonds is 6. The first-order valence-electron chi connectivity index (χ1n) is 6.48. The van der Waals surface area contributed by atoms with Crippen LogP contribution in [0.25, 0.3) is 0 Å². The van der Waals surface area contributed by atoms with Crippen molar-refractivity contribution in [1.82, 2.24) is 10.2 Å². The first-order valence-corrected chi connectivity index (χ1v) is 7.64. The second-order valence-electron chi connectivity index (χ2n) is 4.74. The van der Waals surface area contributed by atoms with Gasteiger partial charge in [0.1, 0.15) is 0 Å². The molecule has 0 unspecified atom stereocenters. The molecule has 0 aromatic carbocycles. The molecule has 0 radical (unpaired) electrons. The number of hydrogen-bond acceptors (Lipinski definition) is 3. The lowest BCUT2D eigenvalue weighted by Gasteiger charge is -2.19. The zero-order valence-electron chi connectivity index (χ0n) is 9.71. The summed E-state index contributed by atoms with van der Waals surface area (Å²) in [6, 6.07) is 0.889. The molecule has 2 nitrogen and oxygen atoms in total. The lowest BCUT2D eigenvalue weighted by atomic mass is 10.2. The normalized spacial score (nSPS) is 24.0. The highest BCUT2D eigenvalue weighted by molar-refractivity contribution is 7.99. The number of thioether (sulfide) groups is 1. The van der Waals surface area contributed by atoms with Crippen molar-refractivity contribution >= 4 is 11.8 Å². The average molecular weight is 228 g/mol. The lowest BCUT2D eigenvalue weighted by molar-refractivity contribution is 0.288. The Bertz CT molecular complexity index is 163. The standard InChI is InChI=1S/C12H24N2S/c1(6-13-12-4-5-12)2-7-14-8-3-10-15-11-9-14/h12-13H,1-11H2. The number of nitrogens with one attached hydrogen (secondary N) is 1. The van der Waals surface area contributed by atoms with Gasteiger partial charge in [-0.15, -0.1) is 0 Å². The van der Waals surface area contributed by atoms with Gasteiger partial charge in [-0.1, -0.05) is 0 Å². The zero-order chi connectivity index (χ0) is 10.3. The quantitative estimate of drug-likeness (QED) is 0.700. The maximum Gasteiger partial charge on any atom is 0.00723 e. The molecule has 1 aliphatic carbocycles. The fraction of sp³-hybridized carbons (Fsp3) is 1.00. The molecule has 0 amide bonds. The summed E-state index contributed by atoms with van der Waals surface area (Å²) in [6.45, 7) is 5.23.